The first kappa shape index (κ1) is 19.4. The highest BCUT2D eigenvalue weighted by Gasteiger charge is 2.29. The quantitative estimate of drug-likeness (QED) is 0.768. The summed E-state index contributed by atoms with van der Waals surface area (Å²) in [6.45, 7) is 5.01. The molecular formula is C19H27FN2O3. The van der Waals surface area contributed by atoms with Crippen LogP contribution in [0, 0.1) is 11.7 Å². The van der Waals surface area contributed by atoms with Crippen LogP contribution in [-0.4, -0.2) is 43.0 Å². The predicted molar refractivity (Wildman–Crippen MR) is 93.3 cm³/mol. The van der Waals surface area contributed by atoms with Gasteiger partial charge in [-0.3, -0.25) is 9.69 Å². The molecule has 1 amide bonds. The Kier molecular flexibility index (Phi) is 6.93. The van der Waals surface area contributed by atoms with Gasteiger partial charge in [-0.2, -0.15) is 0 Å². The SMILES string of the molecule is COC(=O)C(CC(C)C)NC(=O)CN1CCCC1c1ccc(F)cc1. The molecule has 2 atom stereocenters. The Morgan fingerprint density at radius 2 is 2.00 bits per heavy atom. The fourth-order valence-corrected chi connectivity index (χ4v) is 3.33. The Bertz CT molecular complexity index is 589. The summed E-state index contributed by atoms with van der Waals surface area (Å²) in [5.41, 5.74) is 1.01. The van der Waals surface area contributed by atoms with Crippen LogP contribution in [0.5, 0.6) is 0 Å². The van der Waals surface area contributed by atoms with E-state index in [1.165, 1.54) is 19.2 Å². The zero-order valence-corrected chi connectivity index (χ0v) is 15.1. The van der Waals surface area contributed by atoms with E-state index < -0.39 is 12.0 Å². The van der Waals surface area contributed by atoms with Gasteiger partial charge < -0.3 is 10.1 Å². The number of hydrogen-bond donors (Lipinski definition) is 1. The number of ether oxygens (including phenoxy) is 1. The zero-order chi connectivity index (χ0) is 18.4. The molecular weight excluding hydrogens is 323 g/mol. The van der Waals surface area contributed by atoms with Crippen molar-refractivity contribution in [3.05, 3.63) is 35.6 Å². The van der Waals surface area contributed by atoms with Crippen LogP contribution >= 0.6 is 0 Å². The Hall–Kier alpha value is -1.95. The van der Waals surface area contributed by atoms with Gasteiger partial charge in [-0.05, 0) is 49.4 Å². The van der Waals surface area contributed by atoms with Gasteiger partial charge in [0, 0.05) is 6.04 Å². The molecule has 1 fully saturated rings. The number of halogens is 1. The number of amides is 1. The van der Waals surface area contributed by atoms with Gasteiger partial charge in [0.2, 0.25) is 5.91 Å². The molecule has 25 heavy (non-hydrogen) atoms. The van der Waals surface area contributed by atoms with Gasteiger partial charge in [0.05, 0.1) is 13.7 Å². The van der Waals surface area contributed by atoms with Crippen molar-refractivity contribution in [3.63, 3.8) is 0 Å². The third-order valence-electron chi connectivity index (χ3n) is 4.49. The molecule has 138 valence electrons. The van der Waals surface area contributed by atoms with Gasteiger partial charge in [0.25, 0.3) is 0 Å². The van der Waals surface area contributed by atoms with E-state index in [0.29, 0.717) is 6.42 Å². The van der Waals surface area contributed by atoms with Crippen molar-refractivity contribution in [2.45, 2.75) is 45.2 Å². The predicted octanol–water partition coefficient (Wildman–Crippen LogP) is 2.67. The monoisotopic (exact) mass is 350 g/mol. The Balaban J connectivity index is 1.98. The van der Waals surface area contributed by atoms with Crippen LogP contribution in [0.3, 0.4) is 0 Å². The molecule has 2 unspecified atom stereocenters. The van der Waals surface area contributed by atoms with Crippen molar-refractivity contribution in [3.8, 4) is 0 Å². The summed E-state index contributed by atoms with van der Waals surface area (Å²) in [6.07, 6.45) is 2.47. The molecule has 1 heterocycles. The molecule has 0 aliphatic carbocycles. The van der Waals surface area contributed by atoms with E-state index in [4.69, 9.17) is 4.74 Å². The standard InChI is InChI=1S/C19H27FN2O3/c1-13(2)11-16(19(24)25-3)21-18(23)12-22-10-4-5-17(22)14-6-8-15(20)9-7-14/h6-9,13,16-17H,4-5,10-12H2,1-3H3,(H,21,23). The maximum absolute atomic E-state index is 13.1. The minimum Gasteiger partial charge on any atom is -0.467 e. The number of benzene rings is 1. The fourth-order valence-electron chi connectivity index (χ4n) is 3.33. The maximum atomic E-state index is 13.1. The van der Waals surface area contributed by atoms with Gasteiger partial charge in [0.15, 0.2) is 0 Å². The Morgan fingerprint density at radius 3 is 2.60 bits per heavy atom. The second-order valence-corrected chi connectivity index (χ2v) is 6.95. The van der Waals surface area contributed by atoms with E-state index in [-0.39, 0.29) is 30.2 Å². The first-order valence-electron chi connectivity index (χ1n) is 8.77. The van der Waals surface area contributed by atoms with Gasteiger partial charge in [0.1, 0.15) is 11.9 Å². The van der Waals surface area contributed by atoms with E-state index >= 15 is 0 Å². The molecule has 0 radical (unpaired) electrons. The number of methoxy groups -OCH3 is 1. The van der Waals surface area contributed by atoms with Crippen LogP contribution < -0.4 is 5.32 Å². The molecule has 2 rings (SSSR count). The third-order valence-corrected chi connectivity index (χ3v) is 4.49. The summed E-state index contributed by atoms with van der Waals surface area (Å²) in [5.74, 6) is -0.604. The lowest BCUT2D eigenvalue weighted by Gasteiger charge is -2.25. The molecule has 1 aromatic carbocycles. The lowest BCUT2D eigenvalue weighted by atomic mass is 10.0. The minimum absolute atomic E-state index is 0.105. The van der Waals surface area contributed by atoms with Crippen LogP contribution in [0.1, 0.15) is 44.7 Å². The first-order chi connectivity index (χ1) is 11.9. The second-order valence-electron chi connectivity index (χ2n) is 6.95. The van der Waals surface area contributed by atoms with Crippen LogP contribution in [0.4, 0.5) is 4.39 Å². The second kappa shape index (κ2) is 8.94. The van der Waals surface area contributed by atoms with Crippen molar-refractivity contribution < 1.29 is 18.7 Å². The molecule has 0 aromatic heterocycles. The highest BCUT2D eigenvalue weighted by molar-refractivity contribution is 5.85. The van der Waals surface area contributed by atoms with Gasteiger partial charge in [-0.25, -0.2) is 9.18 Å². The van der Waals surface area contributed by atoms with Crippen LogP contribution in [0.15, 0.2) is 24.3 Å². The highest BCUT2D eigenvalue weighted by Crippen LogP contribution is 2.31. The Morgan fingerprint density at radius 1 is 1.32 bits per heavy atom. The molecule has 1 N–H and O–H groups in total. The van der Waals surface area contributed by atoms with E-state index in [9.17, 15) is 14.0 Å². The van der Waals surface area contributed by atoms with Crippen LogP contribution in [-0.2, 0) is 14.3 Å². The van der Waals surface area contributed by atoms with Crippen molar-refractivity contribution in [2.24, 2.45) is 5.92 Å². The topological polar surface area (TPSA) is 58.6 Å². The number of nitrogens with one attached hydrogen (secondary N) is 1. The van der Waals surface area contributed by atoms with Crippen molar-refractivity contribution in [1.29, 1.82) is 0 Å². The van der Waals surface area contributed by atoms with Crippen LogP contribution in [0.2, 0.25) is 0 Å². The fraction of sp³-hybridized carbons (Fsp3) is 0.579. The molecule has 0 bridgehead atoms. The summed E-state index contributed by atoms with van der Waals surface area (Å²) in [7, 11) is 1.33. The average Bonchev–Trinajstić information content (AvgIpc) is 3.01. The van der Waals surface area contributed by atoms with E-state index in [0.717, 1.165) is 24.9 Å². The first-order valence-corrected chi connectivity index (χ1v) is 8.77. The average molecular weight is 350 g/mol. The third kappa shape index (κ3) is 5.53. The van der Waals surface area contributed by atoms with E-state index in [1.54, 1.807) is 12.1 Å². The summed E-state index contributed by atoms with van der Waals surface area (Å²) < 4.78 is 17.9. The maximum Gasteiger partial charge on any atom is 0.328 e. The van der Waals surface area contributed by atoms with E-state index in [1.807, 2.05) is 13.8 Å². The molecule has 0 spiro atoms. The lowest BCUT2D eigenvalue weighted by molar-refractivity contribution is -0.145. The molecule has 0 saturated carbocycles. The van der Waals surface area contributed by atoms with Gasteiger partial charge >= 0.3 is 5.97 Å². The molecule has 5 nitrogen and oxygen atoms in total. The summed E-state index contributed by atoms with van der Waals surface area (Å²) in [6, 6.07) is 5.92. The number of nitrogens with zero attached hydrogens (tertiary/aromatic N) is 1. The van der Waals surface area contributed by atoms with Gasteiger partial charge in [-0.15, -0.1) is 0 Å². The van der Waals surface area contributed by atoms with Crippen LogP contribution in [0.25, 0.3) is 0 Å². The lowest BCUT2D eigenvalue weighted by Crippen LogP contribution is -2.46. The zero-order valence-electron chi connectivity index (χ0n) is 15.1. The molecule has 1 aliphatic rings. The number of hydrogen-bond acceptors (Lipinski definition) is 4. The molecule has 1 saturated heterocycles. The summed E-state index contributed by atoms with van der Waals surface area (Å²) in [4.78, 5) is 26.3. The van der Waals surface area contributed by atoms with Crippen molar-refractivity contribution in [2.75, 3.05) is 20.2 Å². The molecule has 1 aromatic rings. The smallest absolute Gasteiger partial charge is 0.328 e. The normalized spacial score (nSPS) is 19.0. The van der Waals surface area contributed by atoms with E-state index in [2.05, 4.69) is 10.2 Å². The summed E-state index contributed by atoms with van der Waals surface area (Å²) in [5, 5.41) is 2.79. The molecule has 6 heteroatoms. The highest BCUT2D eigenvalue weighted by atomic mass is 19.1. The number of likely N-dealkylation sites (tertiary alicyclic amines) is 1. The number of carbonyl (C=O) groups excluding carboxylic acids is 2. The van der Waals surface area contributed by atoms with Crippen molar-refractivity contribution in [1.82, 2.24) is 10.2 Å². The number of rotatable bonds is 7. The number of carbonyl (C=O) groups is 2. The number of esters is 1. The minimum atomic E-state index is -0.621. The largest absolute Gasteiger partial charge is 0.467 e. The molecule has 1 aliphatic heterocycles. The Labute approximate surface area is 148 Å². The van der Waals surface area contributed by atoms with Gasteiger partial charge in [-0.1, -0.05) is 26.0 Å². The van der Waals surface area contributed by atoms with Crippen molar-refractivity contribution >= 4 is 11.9 Å². The summed E-state index contributed by atoms with van der Waals surface area (Å²) >= 11 is 0.